The number of rotatable bonds is 4. The number of ether oxygens (including phenoxy) is 2. The highest BCUT2D eigenvalue weighted by molar-refractivity contribution is 9.10. The number of aryl methyl sites for hydroxylation is 1. The van der Waals surface area contributed by atoms with Gasteiger partial charge in [-0.1, -0.05) is 21.2 Å². The Morgan fingerprint density at radius 2 is 2.21 bits per heavy atom. The molecular formula is C13H10BrF3N2O5. The lowest BCUT2D eigenvalue weighted by atomic mass is 9.99. The van der Waals surface area contributed by atoms with E-state index in [-0.39, 0.29) is 5.75 Å². The molecule has 0 amide bonds. The first-order valence-electron chi connectivity index (χ1n) is 6.35. The first kappa shape index (κ1) is 18.0. The normalized spacial score (nSPS) is 17.0. The summed E-state index contributed by atoms with van der Waals surface area (Å²) < 4.78 is 49.8. The zero-order valence-corrected chi connectivity index (χ0v) is 13.6. The molecule has 1 atom stereocenters. The second kappa shape index (κ2) is 7.07. The summed E-state index contributed by atoms with van der Waals surface area (Å²) in [6.07, 6.45) is -6.27. The predicted molar refractivity (Wildman–Crippen MR) is 76.1 cm³/mol. The summed E-state index contributed by atoms with van der Waals surface area (Å²) in [6, 6.07) is 3.10. The molecule has 1 aromatic carbocycles. The molecular weight excluding hydrogens is 401 g/mol. The van der Waals surface area contributed by atoms with Gasteiger partial charge in [-0.15, -0.1) is 0 Å². The summed E-state index contributed by atoms with van der Waals surface area (Å²) in [5, 5.41) is 13.5. The molecule has 0 fully saturated rings. The Hall–Kier alpha value is -2.30. The Kier molecular flexibility index (Phi) is 5.32. The van der Waals surface area contributed by atoms with Crippen LogP contribution in [0.4, 0.5) is 13.2 Å². The van der Waals surface area contributed by atoms with E-state index in [4.69, 9.17) is 4.74 Å². The number of fused-ring (bicyclic) bond motifs is 1. The van der Waals surface area contributed by atoms with Crippen LogP contribution in [0.5, 0.6) is 5.75 Å². The van der Waals surface area contributed by atoms with Crippen LogP contribution in [0.2, 0.25) is 0 Å². The van der Waals surface area contributed by atoms with E-state index in [9.17, 15) is 23.2 Å². The van der Waals surface area contributed by atoms with Gasteiger partial charge in [0.05, 0.1) is 5.57 Å². The number of hydrogen-bond donors (Lipinski definition) is 1. The number of esters is 1. The molecule has 1 aromatic rings. The van der Waals surface area contributed by atoms with Crippen LogP contribution in [0.15, 0.2) is 27.5 Å². The summed E-state index contributed by atoms with van der Waals surface area (Å²) in [7, 11) is 0. The highest BCUT2D eigenvalue weighted by Gasteiger charge is 2.49. The van der Waals surface area contributed by atoms with Gasteiger partial charge in [0.1, 0.15) is 5.75 Å². The number of benzene rings is 1. The first-order chi connectivity index (χ1) is 11.2. The Bertz CT molecular complexity index is 706. The number of nitrogens with zero attached hydrogens (tertiary/aromatic N) is 1. The topological polar surface area (TPSA) is 94.2 Å². The summed E-state index contributed by atoms with van der Waals surface area (Å²) >= 11 is 3.22. The third-order valence-electron chi connectivity index (χ3n) is 2.97. The third-order valence-corrected chi connectivity index (χ3v) is 3.43. The molecule has 1 N–H and O–H groups in total. The third kappa shape index (κ3) is 3.96. The molecule has 0 aliphatic carbocycles. The van der Waals surface area contributed by atoms with Crippen LogP contribution in [0.3, 0.4) is 0 Å². The lowest BCUT2D eigenvalue weighted by Gasteiger charge is -2.28. The molecule has 1 heterocycles. The molecule has 0 bridgehead atoms. The van der Waals surface area contributed by atoms with Gasteiger partial charge in [0, 0.05) is 10.0 Å². The first-order valence-corrected chi connectivity index (χ1v) is 7.14. The summed E-state index contributed by atoms with van der Waals surface area (Å²) in [4.78, 5) is 16.1. The van der Waals surface area contributed by atoms with Crippen LogP contribution < -0.4 is 10.0 Å². The minimum absolute atomic E-state index is 0.0267. The molecule has 0 saturated carbocycles. The Balaban J connectivity index is 2.36. The zero-order valence-electron chi connectivity index (χ0n) is 12.0. The van der Waals surface area contributed by atoms with Gasteiger partial charge in [-0.25, -0.2) is 4.79 Å². The standard InChI is InChI=1S/C13H10BrF3N2O5/c1-6-2-8(14)3-7-4-9(12(20)22-5-23-19-18-21)11(13(15,16)17)24-10(6)7/h2-4,11,18H,5H2,1H3/t11-/m0/s1. The molecule has 1 aliphatic heterocycles. The van der Waals surface area contributed by atoms with E-state index in [1.54, 1.807) is 13.0 Å². The largest absolute Gasteiger partial charge is 0.599 e. The molecule has 130 valence electrons. The predicted octanol–water partition coefficient (Wildman–Crippen LogP) is 1.93. The number of carbonyl (C=O) groups excluding carboxylic acids is 1. The van der Waals surface area contributed by atoms with Gasteiger partial charge >= 0.3 is 12.1 Å². The lowest BCUT2D eigenvalue weighted by molar-refractivity contribution is -0.498. The maximum absolute atomic E-state index is 13.2. The average molecular weight is 411 g/mol. The summed E-state index contributed by atoms with van der Waals surface area (Å²) in [5.74, 6) is -1.28. The monoisotopic (exact) mass is 410 g/mol. The van der Waals surface area contributed by atoms with Gasteiger partial charge in [0.15, 0.2) is 0 Å². The van der Waals surface area contributed by atoms with Gasteiger partial charge in [-0.05, 0) is 30.7 Å². The van der Waals surface area contributed by atoms with Crippen LogP contribution in [-0.2, 0) is 14.4 Å². The van der Waals surface area contributed by atoms with E-state index in [2.05, 4.69) is 30.8 Å². The number of carbonyl (C=O) groups is 1. The average Bonchev–Trinajstić information content (AvgIpc) is 2.49. The van der Waals surface area contributed by atoms with Crippen molar-refractivity contribution >= 4 is 28.0 Å². The lowest BCUT2D eigenvalue weighted by Crippen LogP contribution is -2.56. The van der Waals surface area contributed by atoms with Crippen molar-refractivity contribution in [1.82, 2.24) is 0 Å². The van der Waals surface area contributed by atoms with Crippen molar-refractivity contribution in [1.29, 1.82) is 0 Å². The fourth-order valence-electron chi connectivity index (χ4n) is 2.07. The van der Waals surface area contributed by atoms with Crippen LogP contribution in [0, 0.1) is 12.1 Å². The SMILES string of the molecule is Cc1cc(Br)cc2c1O[C@H](C(F)(F)F)C(C(=O)OCO/N=[NH+]\[O-])=C2. The van der Waals surface area contributed by atoms with Crippen molar-refractivity contribution < 1.29 is 37.6 Å². The zero-order chi connectivity index (χ0) is 17.9. The Morgan fingerprint density at radius 1 is 1.50 bits per heavy atom. The fraction of sp³-hybridized carbons (Fsp3) is 0.308. The molecule has 1 aliphatic rings. The fourth-order valence-corrected chi connectivity index (χ4v) is 2.66. The Labute approximate surface area is 141 Å². The quantitative estimate of drug-likeness (QED) is 0.269. The summed E-state index contributed by atoms with van der Waals surface area (Å²) in [5.41, 5.74) is 0.0216. The van der Waals surface area contributed by atoms with Gasteiger partial charge in [-0.2, -0.15) is 13.2 Å². The van der Waals surface area contributed by atoms with Crippen molar-refractivity contribution in [3.05, 3.63) is 38.5 Å². The molecule has 0 unspecified atom stereocenters. The molecule has 24 heavy (non-hydrogen) atoms. The van der Waals surface area contributed by atoms with E-state index in [1.165, 1.54) is 6.07 Å². The van der Waals surface area contributed by atoms with E-state index in [0.717, 1.165) is 11.4 Å². The minimum atomic E-state index is -4.83. The van der Waals surface area contributed by atoms with Crippen LogP contribution in [-0.4, -0.2) is 25.0 Å². The number of alkyl halides is 3. The van der Waals surface area contributed by atoms with Gasteiger partial charge in [0.2, 0.25) is 11.4 Å². The minimum Gasteiger partial charge on any atom is -0.599 e. The number of halogens is 4. The van der Waals surface area contributed by atoms with Crippen LogP contribution >= 0.6 is 15.9 Å². The molecule has 0 spiro atoms. The molecule has 2 rings (SSSR count). The van der Waals surface area contributed by atoms with Crippen molar-refractivity contribution in [3.8, 4) is 5.75 Å². The van der Waals surface area contributed by atoms with Crippen molar-refractivity contribution in [2.45, 2.75) is 19.2 Å². The molecule has 11 heteroatoms. The molecule has 7 nitrogen and oxygen atoms in total. The smallest absolute Gasteiger partial charge is 0.430 e. The van der Waals surface area contributed by atoms with Crippen LogP contribution in [0.1, 0.15) is 11.1 Å². The molecule has 0 saturated heterocycles. The van der Waals surface area contributed by atoms with Gasteiger partial charge in [-0.3, -0.25) is 0 Å². The van der Waals surface area contributed by atoms with Crippen molar-refractivity contribution in [2.24, 2.45) is 5.28 Å². The van der Waals surface area contributed by atoms with E-state index in [0.29, 0.717) is 15.6 Å². The maximum Gasteiger partial charge on any atom is 0.430 e. The molecule has 0 radical (unpaired) electrons. The maximum atomic E-state index is 13.2. The summed E-state index contributed by atoms with van der Waals surface area (Å²) in [6.45, 7) is 0.750. The van der Waals surface area contributed by atoms with Crippen molar-refractivity contribution in [2.75, 3.05) is 6.79 Å². The van der Waals surface area contributed by atoms with E-state index in [1.807, 2.05) is 0 Å². The second-order valence-corrected chi connectivity index (χ2v) is 5.56. The number of hydrogen-bond acceptors (Lipinski definition) is 6. The van der Waals surface area contributed by atoms with Gasteiger partial charge < -0.3 is 19.5 Å². The molecule has 0 aromatic heterocycles. The number of nitrogens with one attached hydrogen (secondary N) is 1. The van der Waals surface area contributed by atoms with E-state index >= 15 is 0 Å². The van der Waals surface area contributed by atoms with Gasteiger partial charge in [0.25, 0.3) is 6.79 Å². The highest BCUT2D eigenvalue weighted by atomic mass is 79.9. The van der Waals surface area contributed by atoms with Crippen molar-refractivity contribution in [3.63, 3.8) is 0 Å². The van der Waals surface area contributed by atoms with Crippen LogP contribution in [0.25, 0.3) is 6.08 Å². The van der Waals surface area contributed by atoms with E-state index < -0.39 is 30.6 Å². The second-order valence-electron chi connectivity index (χ2n) is 4.64. The highest BCUT2D eigenvalue weighted by Crippen LogP contribution is 2.40. The Morgan fingerprint density at radius 3 is 2.83 bits per heavy atom.